The lowest BCUT2D eigenvalue weighted by molar-refractivity contribution is 0.0622. The van der Waals surface area contributed by atoms with Crippen LogP contribution < -0.4 is 5.32 Å². The van der Waals surface area contributed by atoms with Gasteiger partial charge < -0.3 is 10.2 Å². The molecule has 1 aliphatic rings. The molecule has 3 heterocycles. The number of rotatable bonds is 5. The van der Waals surface area contributed by atoms with Gasteiger partial charge in [-0.2, -0.15) is 5.10 Å². The van der Waals surface area contributed by atoms with E-state index in [1.54, 1.807) is 30.2 Å². The second-order valence-corrected chi connectivity index (χ2v) is 8.34. The first-order valence-corrected chi connectivity index (χ1v) is 11.1. The van der Waals surface area contributed by atoms with Crippen LogP contribution in [0.25, 0.3) is 22.0 Å². The third-order valence-electron chi connectivity index (χ3n) is 6.12. The monoisotopic (exact) mass is 444 g/mol. The Morgan fingerprint density at radius 3 is 2.79 bits per heavy atom. The van der Waals surface area contributed by atoms with E-state index in [2.05, 4.69) is 20.4 Å². The van der Waals surface area contributed by atoms with E-state index >= 15 is 0 Å². The number of fused-ring (bicyclic) bond motifs is 1. The van der Waals surface area contributed by atoms with Gasteiger partial charge in [0, 0.05) is 43.3 Å². The largest absolute Gasteiger partial charge is 0.367 e. The number of amides is 1. The van der Waals surface area contributed by atoms with Crippen LogP contribution in [-0.4, -0.2) is 49.7 Å². The highest BCUT2D eigenvalue weighted by Crippen LogP contribution is 2.27. The zero-order chi connectivity index (χ0) is 22.8. The predicted octanol–water partition coefficient (Wildman–Crippen LogP) is 4.28. The Balaban J connectivity index is 1.39. The first kappa shape index (κ1) is 21.1. The maximum atomic E-state index is 13.6. The smallest absolute Gasteiger partial charge is 0.275 e. The minimum atomic E-state index is -0.310. The van der Waals surface area contributed by atoms with E-state index in [1.165, 1.54) is 12.1 Å². The molecule has 8 heteroatoms. The van der Waals surface area contributed by atoms with Gasteiger partial charge in [-0.15, -0.1) is 0 Å². The van der Waals surface area contributed by atoms with Crippen LogP contribution in [0.1, 0.15) is 29.8 Å². The summed E-state index contributed by atoms with van der Waals surface area (Å²) in [5, 5.41) is 8.86. The lowest BCUT2D eigenvalue weighted by Crippen LogP contribution is -2.47. The maximum absolute atomic E-state index is 13.6. The molecule has 4 aromatic rings. The summed E-state index contributed by atoms with van der Waals surface area (Å²) in [6.45, 7) is 1.26. The standard InChI is InChI=1S/C25H25FN6O/c1-31-15-21(17-9-11-18(26)12-10-17)23(30-31)25(33)32-13-5-4-6-19(32)14-27-24-20-7-2-3-8-22(20)28-16-29-24/h2-3,7-12,15-16,19H,4-6,13-14H2,1H3,(H,27,28,29)/t19-/m0/s1. The van der Waals surface area contributed by atoms with Crippen LogP contribution in [0.5, 0.6) is 0 Å². The summed E-state index contributed by atoms with van der Waals surface area (Å²) in [7, 11) is 1.79. The van der Waals surface area contributed by atoms with E-state index in [-0.39, 0.29) is 17.8 Å². The molecule has 0 bridgehead atoms. The third-order valence-corrected chi connectivity index (χ3v) is 6.12. The Hall–Kier alpha value is -3.81. The third kappa shape index (κ3) is 4.28. The number of aryl methyl sites for hydroxylation is 1. The van der Waals surface area contributed by atoms with Gasteiger partial charge in [0.1, 0.15) is 18.0 Å². The number of carbonyl (C=O) groups excluding carboxylic acids is 1. The van der Waals surface area contributed by atoms with E-state index in [0.29, 0.717) is 24.3 Å². The molecule has 0 radical (unpaired) electrons. The van der Waals surface area contributed by atoms with E-state index in [9.17, 15) is 9.18 Å². The maximum Gasteiger partial charge on any atom is 0.275 e. The first-order chi connectivity index (χ1) is 16.1. The second-order valence-electron chi connectivity index (χ2n) is 8.34. The number of benzene rings is 2. The Bertz CT molecular complexity index is 1280. The quantitative estimate of drug-likeness (QED) is 0.497. The van der Waals surface area contributed by atoms with Gasteiger partial charge in [-0.3, -0.25) is 9.48 Å². The fourth-order valence-electron chi connectivity index (χ4n) is 4.46. The van der Waals surface area contributed by atoms with Gasteiger partial charge >= 0.3 is 0 Å². The molecule has 2 aromatic heterocycles. The van der Waals surface area contributed by atoms with Crippen molar-refractivity contribution in [3.05, 3.63) is 72.6 Å². The van der Waals surface area contributed by atoms with E-state index in [0.717, 1.165) is 41.5 Å². The normalized spacial score (nSPS) is 16.2. The van der Waals surface area contributed by atoms with Gasteiger partial charge in [0.2, 0.25) is 0 Å². The van der Waals surface area contributed by atoms with Gasteiger partial charge in [-0.05, 0) is 49.1 Å². The Morgan fingerprint density at radius 1 is 1.12 bits per heavy atom. The summed E-state index contributed by atoms with van der Waals surface area (Å²) in [5.41, 5.74) is 2.75. The molecule has 0 saturated carbocycles. The number of nitrogens with one attached hydrogen (secondary N) is 1. The Labute approximate surface area is 191 Å². The number of hydrogen-bond acceptors (Lipinski definition) is 5. The molecule has 0 aliphatic carbocycles. The van der Waals surface area contributed by atoms with Crippen LogP contribution in [0.2, 0.25) is 0 Å². The molecule has 2 aromatic carbocycles. The minimum absolute atomic E-state index is 0.0167. The second kappa shape index (κ2) is 8.97. The first-order valence-electron chi connectivity index (χ1n) is 11.1. The van der Waals surface area contributed by atoms with Crippen molar-refractivity contribution in [3.63, 3.8) is 0 Å². The zero-order valence-electron chi connectivity index (χ0n) is 18.4. The van der Waals surface area contributed by atoms with Crippen LogP contribution in [0.4, 0.5) is 10.2 Å². The van der Waals surface area contributed by atoms with Crippen molar-refractivity contribution >= 4 is 22.6 Å². The number of para-hydroxylation sites is 1. The number of aromatic nitrogens is 4. The van der Waals surface area contributed by atoms with Gasteiger partial charge in [0.25, 0.3) is 5.91 Å². The van der Waals surface area contributed by atoms with Gasteiger partial charge in [0.15, 0.2) is 5.69 Å². The van der Waals surface area contributed by atoms with Crippen LogP contribution in [0, 0.1) is 5.82 Å². The minimum Gasteiger partial charge on any atom is -0.367 e. The summed E-state index contributed by atoms with van der Waals surface area (Å²) >= 11 is 0. The topological polar surface area (TPSA) is 75.9 Å². The molecule has 1 N–H and O–H groups in total. The number of likely N-dealkylation sites (tertiary alicyclic amines) is 1. The summed E-state index contributed by atoms with van der Waals surface area (Å²) < 4.78 is 15.1. The number of halogens is 1. The number of carbonyl (C=O) groups is 1. The van der Waals surface area contributed by atoms with Crippen LogP contribution in [0.15, 0.2) is 61.1 Å². The van der Waals surface area contributed by atoms with Crippen molar-refractivity contribution in [1.29, 1.82) is 0 Å². The zero-order valence-corrected chi connectivity index (χ0v) is 18.4. The Kier molecular flexibility index (Phi) is 5.73. The fraction of sp³-hybridized carbons (Fsp3) is 0.280. The lowest BCUT2D eigenvalue weighted by Gasteiger charge is -2.35. The van der Waals surface area contributed by atoms with Crippen molar-refractivity contribution in [2.24, 2.45) is 7.05 Å². The number of nitrogens with zero attached hydrogens (tertiary/aromatic N) is 5. The van der Waals surface area contributed by atoms with Crippen LogP contribution >= 0.6 is 0 Å². The molecule has 5 rings (SSSR count). The summed E-state index contributed by atoms with van der Waals surface area (Å²) in [4.78, 5) is 24.3. The molecular formula is C25H25FN6O. The molecule has 7 nitrogen and oxygen atoms in total. The van der Waals surface area contributed by atoms with Crippen molar-refractivity contribution in [2.75, 3.05) is 18.4 Å². The number of piperidine rings is 1. The van der Waals surface area contributed by atoms with Gasteiger partial charge in [-0.25, -0.2) is 14.4 Å². The van der Waals surface area contributed by atoms with Crippen molar-refractivity contribution < 1.29 is 9.18 Å². The van der Waals surface area contributed by atoms with E-state index < -0.39 is 0 Å². The molecule has 168 valence electrons. The molecule has 1 amide bonds. The molecular weight excluding hydrogens is 419 g/mol. The lowest BCUT2D eigenvalue weighted by atomic mass is 10.00. The van der Waals surface area contributed by atoms with Crippen molar-refractivity contribution in [1.82, 2.24) is 24.6 Å². The molecule has 33 heavy (non-hydrogen) atoms. The highest BCUT2D eigenvalue weighted by molar-refractivity contribution is 5.99. The van der Waals surface area contributed by atoms with Crippen molar-refractivity contribution in [2.45, 2.75) is 25.3 Å². The fourth-order valence-corrected chi connectivity index (χ4v) is 4.46. The number of hydrogen-bond donors (Lipinski definition) is 1. The van der Waals surface area contributed by atoms with Gasteiger partial charge in [0.05, 0.1) is 5.52 Å². The SMILES string of the molecule is Cn1cc(-c2ccc(F)cc2)c(C(=O)N2CCCC[C@H]2CNc2ncnc3ccccc23)n1. The number of anilines is 1. The highest BCUT2D eigenvalue weighted by atomic mass is 19.1. The van der Waals surface area contributed by atoms with E-state index in [1.807, 2.05) is 35.4 Å². The molecule has 1 atom stereocenters. The summed E-state index contributed by atoms with van der Waals surface area (Å²) in [5.74, 6) is 0.354. The van der Waals surface area contributed by atoms with Crippen LogP contribution in [0.3, 0.4) is 0 Å². The summed E-state index contributed by atoms with van der Waals surface area (Å²) in [6, 6.07) is 14.0. The Morgan fingerprint density at radius 2 is 1.94 bits per heavy atom. The van der Waals surface area contributed by atoms with Crippen LogP contribution in [-0.2, 0) is 7.05 Å². The molecule has 0 unspecified atom stereocenters. The predicted molar refractivity (Wildman–Crippen MR) is 125 cm³/mol. The highest BCUT2D eigenvalue weighted by Gasteiger charge is 2.31. The molecule has 1 fully saturated rings. The molecule has 1 saturated heterocycles. The average Bonchev–Trinajstić information content (AvgIpc) is 3.24. The molecule has 1 aliphatic heterocycles. The average molecular weight is 445 g/mol. The van der Waals surface area contributed by atoms with E-state index in [4.69, 9.17) is 0 Å². The summed E-state index contributed by atoms with van der Waals surface area (Å²) in [6.07, 6.45) is 6.29. The van der Waals surface area contributed by atoms with Crippen molar-refractivity contribution in [3.8, 4) is 11.1 Å². The van der Waals surface area contributed by atoms with Gasteiger partial charge in [-0.1, -0.05) is 24.3 Å². The molecule has 0 spiro atoms.